The molecule has 2 aromatic rings. The average Bonchev–Trinajstić information content (AvgIpc) is 3.17. The van der Waals surface area contributed by atoms with Crippen LogP contribution in [0.5, 0.6) is 0 Å². The number of thioether (sulfide) groups is 1. The second-order valence-corrected chi connectivity index (χ2v) is 7.60. The van der Waals surface area contributed by atoms with Crippen molar-refractivity contribution in [2.45, 2.75) is 39.1 Å². The van der Waals surface area contributed by atoms with E-state index < -0.39 is 0 Å². The van der Waals surface area contributed by atoms with Gasteiger partial charge in [-0.2, -0.15) is 0 Å². The lowest BCUT2D eigenvalue weighted by Gasteiger charge is -2.03. The molecule has 1 saturated carbocycles. The predicted molar refractivity (Wildman–Crippen MR) is 79.9 cm³/mol. The number of rotatable bonds is 6. The van der Waals surface area contributed by atoms with Crippen LogP contribution in [0.3, 0.4) is 0 Å². The summed E-state index contributed by atoms with van der Waals surface area (Å²) in [7, 11) is 0. The van der Waals surface area contributed by atoms with Gasteiger partial charge in [-0.1, -0.05) is 29.2 Å². The van der Waals surface area contributed by atoms with Gasteiger partial charge in [-0.3, -0.25) is 0 Å². The summed E-state index contributed by atoms with van der Waals surface area (Å²) >= 11 is 4.80. The fourth-order valence-corrected chi connectivity index (χ4v) is 3.86. The van der Waals surface area contributed by atoms with Gasteiger partial charge in [0.1, 0.15) is 5.03 Å². The van der Waals surface area contributed by atoms with Gasteiger partial charge in [0.15, 0.2) is 8.68 Å². The molecule has 0 radical (unpaired) electrons. The maximum atomic E-state index is 4.46. The number of hydrogen-bond acceptors (Lipinski definition) is 7. The third-order valence-corrected chi connectivity index (χ3v) is 5.62. The lowest BCUT2D eigenvalue weighted by molar-refractivity contribution is 0.685. The molecule has 100 valence electrons. The highest BCUT2D eigenvalue weighted by Crippen LogP contribution is 2.31. The minimum absolute atomic E-state index is 0.736. The van der Waals surface area contributed by atoms with Crippen LogP contribution in [0, 0.1) is 0 Å². The summed E-state index contributed by atoms with van der Waals surface area (Å²) in [6.07, 6.45) is 6.58. The first-order chi connectivity index (χ1) is 9.33. The van der Waals surface area contributed by atoms with E-state index in [9.17, 15) is 0 Å². The van der Waals surface area contributed by atoms with E-state index in [-0.39, 0.29) is 0 Å². The van der Waals surface area contributed by atoms with Gasteiger partial charge in [0, 0.05) is 18.8 Å². The Morgan fingerprint density at radius 2 is 2.16 bits per heavy atom. The van der Waals surface area contributed by atoms with Crippen LogP contribution in [0.1, 0.15) is 18.4 Å². The fraction of sp³-hybridized carbons (Fsp3) is 0.417. The topological polar surface area (TPSA) is 50.7 Å². The van der Waals surface area contributed by atoms with Crippen LogP contribution in [0.4, 0.5) is 0 Å². The summed E-state index contributed by atoms with van der Waals surface area (Å²) < 4.78 is 1.94. The SMILES string of the molecule is CSc1nnc(Sc2ccc(CNC3CC3)cn2)s1. The van der Waals surface area contributed by atoms with E-state index in [0.29, 0.717) is 0 Å². The number of nitrogens with zero attached hydrogens (tertiary/aromatic N) is 3. The van der Waals surface area contributed by atoms with Gasteiger partial charge >= 0.3 is 0 Å². The standard InChI is InChI=1S/C12H14N4S3/c1-17-11-15-16-12(19-11)18-10-5-2-8(7-14-10)6-13-9-3-4-9/h2,5,7,9,13H,3-4,6H2,1H3. The van der Waals surface area contributed by atoms with Crippen molar-refractivity contribution < 1.29 is 0 Å². The Bertz CT molecular complexity index is 536. The number of aromatic nitrogens is 3. The van der Waals surface area contributed by atoms with Gasteiger partial charge in [0.05, 0.1) is 0 Å². The van der Waals surface area contributed by atoms with Crippen LogP contribution in [0.15, 0.2) is 32.0 Å². The summed E-state index contributed by atoms with van der Waals surface area (Å²) in [5.41, 5.74) is 1.23. The summed E-state index contributed by atoms with van der Waals surface area (Å²) in [5, 5.41) is 12.7. The molecule has 3 rings (SSSR count). The molecule has 1 aliphatic rings. The van der Waals surface area contributed by atoms with Crippen molar-refractivity contribution in [1.29, 1.82) is 0 Å². The Morgan fingerprint density at radius 1 is 1.32 bits per heavy atom. The fourth-order valence-electron chi connectivity index (χ4n) is 1.54. The smallest absolute Gasteiger partial charge is 0.181 e. The summed E-state index contributed by atoms with van der Waals surface area (Å²) in [6, 6.07) is 4.91. The molecule has 0 saturated heterocycles. The first-order valence-electron chi connectivity index (χ1n) is 6.07. The van der Waals surface area contributed by atoms with Crippen molar-refractivity contribution in [3.63, 3.8) is 0 Å². The molecule has 4 nitrogen and oxygen atoms in total. The van der Waals surface area contributed by atoms with E-state index in [1.807, 2.05) is 12.5 Å². The summed E-state index contributed by atoms with van der Waals surface area (Å²) in [4.78, 5) is 4.46. The van der Waals surface area contributed by atoms with Gasteiger partial charge in [-0.25, -0.2) is 4.98 Å². The van der Waals surface area contributed by atoms with E-state index in [1.54, 1.807) is 34.9 Å². The highest BCUT2D eigenvalue weighted by atomic mass is 32.2. The minimum Gasteiger partial charge on any atom is -0.310 e. The Labute approximate surface area is 124 Å². The Balaban J connectivity index is 1.58. The third kappa shape index (κ3) is 3.92. The molecule has 0 bridgehead atoms. The van der Waals surface area contributed by atoms with E-state index in [2.05, 4.69) is 32.6 Å². The molecular weight excluding hydrogens is 296 g/mol. The zero-order valence-electron chi connectivity index (χ0n) is 10.5. The molecule has 0 aromatic carbocycles. The molecule has 2 aromatic heterocycles. The molecule has 1 aliphatic carbocycles. The first kappa shape index (κ1) is 13.4. The second kappa shape index (κ2) is 6.21. The third-order valence-electron chi connectivity index (χ3n) is 2.72. The Morgan fingerprint density at radius 3 is 2.79 bits per heavy atom. The van der Waals surface area contributed by atoms with Crippen LogP contribution < -0.4 is 5.32 Å². The normalized spacial score (nSPS) is 14.8. The Kier molecular flexibility index (Phi) is 4.37. The molecule has 7 heteroatoms. The highest BCUT2D eigenvalue weighted by Gasteiger charge is 2.19. The van der Waals surface area contributed by atoms with Crippen LogP contribution in [0.25, 0.3) is 0 Å². The predicted octanol–water partition coefficient (Wildman–Crippen LogP) is 3.06. The zero-order chi connectivity index (χ0) is 13.1. The minimum atomic E-state index is 0.736. The molecule has 19 heavy (non-hydrogen) atoms. The molecule has 0 aliphatic heterocycles. The van der Waals surface area contributed by atoms with E-state index in [1.165, 1.54) is 18.4 Å². The van der Waals surface area contributed by atoms with Gasteiger partial charge < -0.3 is 5.32 Å². The molecular formula is C12H14N4S3. The second-order valence-electron chi connectivity index (χ2n) is 4.30. The molecule has 2 heterocycles. The van der Waals surface area contributed by atoms with Crippen LogP contribution in [-0.2, 0) is 6.54 Å². The molecule has 0 amide bonds. The lowest BCUT2D eigenvalue weighted by Crippen LogP contribution is -2.15. The van der Waals surface area contributed by atoms with Crippen molar-refractivity contribution >= 4 is 34.9 Å². The van der Waals surface area contributed by atoms with Crippen molar-refractivity contribution in [3.05, 3.63) is 23.9 Å². The molecule has 0 spiro atoms. The average molecular weight is 310 g/mol. The van der Waals surface area contributed by atoms with Crippen molar-refractivity contribution in [2.24, 2.45) is 0 Å². The first-order valence-corrected chi connectivity index (χ1v) is 8.93. The van der Waals surface area contributed by atoms with Gasteiger partial charge in [-0.05, 0) is 42.5 Å². The lowest BCUT2D eigenvalue weighted by atomic mass is 10.3. The molecule has 1 N–H and O–H groups in total. The molecule has 1 fully saturated rings. The number of hydrogen-bond donors (Lipinski definition) is 1. The molecule has 0 atom stereocenters. The quantitative estimate of drug-likeness (QED) is 0.828. The monoisotopic (exact) mass is 310 g/mol. The number of pyridine rings is 1. The van der Waals surface area contributed by atoms with E-state index in [0.717, 1.165) is 26.3 Å². The van der Waals surface area contributed by atoms with E-state index in [4.69, 9.17) is 0 Å². The highest BCUT2D eigenvalue weighted by molar-refractivity contribution is 8.02. The summed E-state index contributed by atoms with van der Waals surface area (Å²) in [5.74, 6) is 0. The van der Waals surface area contributed by atoms with E-state index >= 15 is 0 Å². The van der Waals surface area contributed by atoms with Crippen molar-refractivity contribution in [2.75, 3.05) is 6.26 Å². The maximum Gasteiger partial charge on any atom is 0.181 e. The Hall–Kier alpha value is -0.630. The maximum absolute atomic E-state index is 4.46. The van der Waals surface area contributed by atoms with Crippen LogP contribution >= 0.6 is 34.9 Å². The van der Waals surface area contributed by atoms with Gasteiger partial charge in [0.25, 0.3) is 0 Å². The number of nitrogens with one attached hydrogen (secondary N) is 1. The van der Waals surface area contributed by atoms with Crippen molar-refractivity contribution in [1.82, 2.24) is 20.5 Å². The van der Waals surface area contributed by atoms with Crippen molar-refractivity contribution in [3.8, 4) is 0 Å². The zero-order valence-corrected chi connectivity index (χ0v) is 12.9. The summed E-state index contributed by atoms with van der Waals surface area (Å²) in [6.45, 7) is 0.915. The van der Waals surface area contributed by atoms with Crippen LogP contribution in [-0.4, -0.2) is 27.5 Å². The van der Waals surface area contributed by atoms with Crippen LogP contribution in [0.2, 0.25) is 0 Å². The van der Waals surface area contributed by atoms with Gasteiger partial charge in [0.2, 0.25) is 0 Å². The largest absolute Gasteiger partial charge is 0.310 e. The van der Waals surface area contributed by atoms with Gasteiger partial charge in [-0.15, -0.1) is 10.2 Å². The molecule has 0 unspecified atom stereocenters.